The maximum atomic E-state index is 12.2. The average Bonchev–Trinajstić information content (AvgIpc) is 2.93. The zero-order chi connectivity index (χ0) is 14.1. The van der Waals surface area contributed by atoms with E-state index in [1.165, 1.54) is 37.2 Å². The van der Waals surface area contributed by atoms with Crippen molar-refractivity contribution in [2.45, 2.75) is 57.5 Å². The molecule has 2 aliphatic rings. The average molecular weight is 294 g/mol. The Morgan fingerprint density at radius 2 is 2.05 bits per heavy atom. The molecule has 2 aliphatic carbocycles. The predicted octanol–water partition coefficient (Wildman–Crippen LogP) is 2.61. The van der Waals surface area contributed by atoms with E-state index < -0.39 is 0 Å². The number of carbonyl (C=O) groups excluding carboxylic acids is 1. The van der Waals surface area contributed by atoms with Crippen molar-refractivity contribution in [1.29, 1.82) is 0 Å². The van der Waals surface area contributed by atoms with Gasteiger partial charge < -0.3 is 16.4 Å². The first-order valence-corrected chi connectivity index (χ1v) is 8.25. The van der Waals surface area contributed by atoms with Gasteiger partial charge in [-0.2, -0.15) is 4.37 Å². The normalized spacial score (nSPS) is 20.9. The Labute approximate surface area is 123 Å². The van der Waals surface area contributed by atoms with Crippen LogP contribution >= 0.6 is 11.5 Å². The maximum absolute atomic E-state index is 12.2. The van der Waals surface area contributed by atoms with E-state index in [1.807, 2.05) is 0 Å². The van der Waals surface area contributed by atoms with Gasteiger partial charge in [-0.05, 0) is 50.1 Å². The van der Waals surface area contributed by atoms with Gasteiger partial charge >= 0.3 is 0 Å². The lowest BCUT2D eigenvalue weighted by Crippen LogP contribution is -2.28. The molecule has 0 spiro atoms. The van der Waals surface area contributed by atoms with Crippen LogP contribution in [0.5, 0.6) is 0 Å². The molecule has 5 nitrogen and oxygen atoms in total. The minimum atomic E-state index is -0.0835. The first kappa shape index (κ1) is 13.7. The van der Waals surface area contributed by atoms with Gasteiger partial charge in [-0.25, -0.2) is 0 Å². The van der Waals surface area contributed by atoms with Gasteiger partial charge in [0.25, 0.3) is 5.91 Å². The topological polar surface area (TPSA) is 80.0 Å². The standard InChI is InChI=1S/C14H22N4OS/c1-8(9-4-2-3-5-9)16-14-11(12(15)18-20-14)13(19)17-10-6-7-10/h8-10,16H,2-7H2,1H3,(H2,15,18)(H,17,19). The number of nitrogen functional groups attached to an aromatic ring is 1. The van der Waals surface area contributed by atoms with Gasteiger partial charge in [0.15, 0.2) is 5.82 Å². The van der Waals surface area contributed by atoms with Gasteiger partial charge in [0.1, 0.15) is 10.6 Å². The number of nitrogens with one attached hydrogen (secondary N) is 2. The Hall–Kier alpha value is -1.30. The molecule has 2 fully saturated rings. The molecular formula is C14H22N4OS. The Morgan fingerprint density at radius 3 is 2.70 bits per heavy atom. The number of anilines is 2. The Bertz CT molecular complexity index is 491. The molecule has 20 heavy (non-hydrogen) atoms. The minimum absolute atomic E-state index is 0.0835. The van der Waals surface area contributed by atoms with Gasteiger partial charge in [0.2, 0.25) is 0 Å². The largest absolute Gasteiger partial charge is 0.382 e. The summed E-state index contributed by atoms with van der Waals surface area (Å²) in [6.07, 6.45) is 7.32. The highest BCUT2D eigenvalue weighted by atomic mass is 32.1. The molecular weight excluding hydrogens is 272 g/mol. The molecule has 6 heteroatoms. The molecule has 0 saturated heterocycles. The fourth-order valence-corrected chi connectivity index (χ4v) is 3.70. The number of amides is 1. The number of hydrogen-bond acceptors (Lipinski definition) is 5. The zero-order valence-electron chi connectivity index (χ0n) is 11.8. The van der Waals surface area contributed by atoms with Gasteiger partial charge in [-0.1, -0.05) is 12.8 Å². The van der Waals surface area contributed by atoms with Gasteiger partial charge in [0, 0.05) is 12.1 Å². The quantitative estimate of drug-likeness (QED) is 0.780. The number of nitrogens with zero attached hydrogens (tertiary/aromatic N) is 1. The molecule has 1 aromatic rings. The van der Waals surface area contributed by atoms with Crippen molar-refractivity contribution in [2.75, 3.05) is 11.1 Å². The van der Waals surface area contributed by atoms with Crippen LogP contribution in [-0.2, 0) is 0 Å². The summed E-state index contributed by atoms with van der Waals surface area (Å²) in [7, 11) is 0. The lowest BCUT2D eigenvalue weighted by molar-refractivity contribution is 0.0953. The number of carbonyl (C=O) groups is 1. The van der Waals surface area contributed by atoms with Crippen molar-refractivity contribution in [3.8, 4) is 0 Å². The van der Waals surface area contributed by atoms with Crippen molar-refractivity contribution < 1.29 is 4.79 Å². The lowest BCUT2D eigenvalue weighted by atomic mass is 10.00. The molecule has 1 atom stereocenters. The number of hydrogen-bond donors (Lipinski definition) is 3. The van der Waals surface area contributed by atoms with E-state index in [4.69, 9.17) is 5.73 Å². The van der Waals surface area contributed by atoms with E-state index in [1.54, 1.807) is 0 Å². The molecule has 0 aromatic carbocycles. The molecule has 1 aromatic heterocycles. The minimum Gasteiger partial charge on any atom is -0.382 e. The second-order valence-electron chi connectivity index (χ2n) is 6.00. The highest BCUT2D eigenvalue weighted by Crippen LogP contribution is 2.33. The van der Waals surface area contributed by atoms with Crippen molar-refractivity contribution in [1.82, 2.24) is 9.69 Å². The van der Waals surface area contributed by atoms with E-state index in [-0.39, 0.29) is 5.91 Å². The second kappa shape index (κ2) is 5.60. The summed E-state index contributed by atoms with van der Waals surface area (Å²) in [6.45, 7) is 2.19. The third-order valence-electron chi connectivity index (χ3n) is 4.32. The van der Waals surface area contributed by atoms with Crippen LogP contribution in [0.2, 0.25) is 0 Å². The van der Waals surface area contributed by atoms with Crippen molar-refractivity contribution >= 4 is 28.3 Å². The smallest absolute Gasteiger partial charge is 0.258 e. The molecule has 1 amide bonds. The summed E-state index contributed by atoms with van der Waals surface area (Å²) >= 11 is 1.29. The first-order chi connectivity index (χ1) is 9.65. The van der Waals surface area contributed by atoms with Crippen LogP contribution in [0, 0.1) is 5.92 Å². The molecule has 110 valence electrons. The summed E-state index contributed by atoms with van der Waals surface area (Å²) < 4.78 is 4.14. The third-order valence-corrected chi connectivity index (χ3v) is 5.12. The van der Waals surface area contributed by atoms with Crippen LogP contribution in [0.3, 0.4) is 0 Å². The Kier molecular flexibility index (Phi) is 3.83. The molecule has 1 unspecified atom stereocenters. The van der Waals surface area contributed by atoms with Gasteiger partial charge in [-0.3, -0.25) is 4.79 Å². The van der Waals surface area contributed by atoms with Gasteiger partial charge in [0.05, 0.1) is 0 Å². The van der Waals surface area contributed by atoms with Crippen molar-refractivity contribution in [2.24, 2.45) is 5.92 Å². The fraction of sp³-hybridized carbons (Fsp3) is 0.714. The molecule has 2 saturated carbocycles. The lowest BCUT2D eigenvalue weighted by Gasteiger charge is -2.21. The van der Waals surface area contributed by atoms with Gasteiger partial charge in [-0.15, -0.1) is 0 Å². The third kappa shape index (κ3) is 2.90. The summed E-state index contributed by atoms with van der Waals surface area (Å²) in [5, 5.41) is 7.27. The summed E-state index contributed by atoms with van der Waals surface area (Å²) in [5.41, 5.74) is 6.40. The van der Waals surface area contributed by atoms with E-state index in [2.05, 4.69) is 21.9 Å². The highest BCUT2D eigenvalue weighted by Gasteiger charge is 2.29. The molecule has 0 radical (unpaired) electrons. The Balaban J connectivity index is 1.70. The first-order valence-electron chi connectivity index (χ1n) is 7.47. The second-order valence-corrected chi connectivity index (χ2v) is 6.77. The van der Waals surface area contributed by atoms with Crippen LogP contribution < -0.4 is 16.4 Å². The molecule has 0 aliphatic heterocycles. The van der Waals surface area contributed by atoms with Crippen LogP contribution in [-0.4, -0.2) is 22.4 Å². The SMILES string of the molecule is CC(Nc1snc(N)c1C(=O)NC1CC1)C1CCCC1. The fourth-order valence-electron chi connectivity index (χ4n) is 2.89. The molecule has 4 N–H and O–H groups in total. The molecule has 0 bridgehead atoms. The van der Waals surface area contributed by atoms with Crippen LogP contribution in [0.25, 0.3) is 0 Å². The van der Waals surface area contributed by atoms with Crippen LogP contribution in [0.4, 0.5) is 10.8 Å². The van der Waals surface area contributed by atoms with E-state index in [0.717, 1.165) is 17.8 Å². The highest BCUT2D eigenvalue weighted by molar-refractivity contribution is 7.11. The number of rotatable bonds is 5. The summed E-state index contributed by atoms with van der Waals surface area (Å²) in [6, 6.07) is 0.701. The van der Waals surface area contributed by atoms with Crippen molar-refractivity contribution in [3.05, 3.63) is 5.56 Å². The summed E-state index contributed by atoms with van der Waals surface area (Å²) in [4.78, 5) is 12.2. The van der Waals surface area contributed by atoms with E-state index >= 15 is 0 Å². The maximum Gasteiger partial charge on any atom is 0.258 e. The van der Waals surface area contributed by atoms with Crippen molar-refractivity contribution in [3.63, 3.8) is 0 Å². The molecule has 3 rings (SSSR count). The Morgan fingerprint density at radius 1 is 1.35 bits per heavy atom. The zero-order valence-corrected chi connectivity index (χ0v) is 12.6. The number of aromatic nitrogens is 1. The predicted molar refractivity (Wildman–Crippen MR) is 82.1 cm³/mol. The van der Waals surface area contributed by atoms with E-state index in [9.17, 15) is 4.79 Å². The van der Waals surface area contributed by atoms with Crippen LogP contribution in [0.1, 0.15) is 55.8 Å². The van der Waals surface area contributed by atoms with E-state index in [0.29, 0.717) is 29.4 Å². The summed E-state index contributed by atoms with van der Waals surface area (Å²) in [5.74, 6) is 0.951. The van der Waals surface area contributed by atoms with Crippen LogP contribution in [0.15, 0.2) is 0 Å². The number of nitrogens with two attached hydrogens (primary N) is 1. The molecule has 1 heterocycles. The monoisotopic (exact) mass is 294 g/mol.